The minimum Gasteiger partial charge on any atom is -0.384 e. The van der Waals surface area contributed by atoms with Crippen LogP contribution in [0, 0.1) is 12.8 Å². The SMILES string of the molecule is COCC1CCCN(c2ccc(CN)c(C)c2)C1. The first kappa shape index (κ1) is 13.4. The Morgan fingerprint density at radius 1 is 1.44 bits per heavy atom. The fourth-order valence-electron chi connectivity index (χ4n) is 2.78. The van der Waals surface area contributed by atoms with Crippen LogP contribution in [0.15, 0.2) is 18.2 Å². The Bertz CT molecular complexity index is 390. The number of piperidine rings is 1. The second kappa shape index (κ2) is 6.21. The molecule has 0 saturated carbocycles. The van der Waals surface area contributed by atoms with Gasteiger partial charge < -0.3 is 15.4 Å². The zero-order chi connectivity index (χ0) is 13.0. The van der Waals surface area contributed by atoms with Crippen LogP contribution in [0.4, 0.5) is 5.69 Å². The highest BCUT2D eigenvalue weighted by molar-refractivity contribution is 5.51. The Balaban J connectivity index is 2.08. The van der Waals surface area contributed by atoms with E-state index in [-0.39, 0.29) is 0 Å². The molecule has 1 heterocycles. The zero-order valence-electron chi connectivity index (χ0n) is 11.5. The lowest BCUT2D eigenvalue weighted by Gasteiger charge is -2.34. The number of hydrogen-bond donors (Lipinski definition) is 1. The number of methoxy groups -OCH3 is 1. The molecule has 1 atom stereocenters. The number of nitrogens with zero attached hydrogens (tertiary/aromatic N) is 1. The second-order valence-corrected chi connectivity index (χ2v) is 5.22. The Labute approximate surface area is 110 Å². The summed E-state index contributed by atoms with van der Waals surface area (Å²) in [4.78, 5) is 2.47. The van der Waals surface area contributed by atoms with Crippen molar-refractivity contribution in [2.24, 2.45) is 11.7 Å². The minimum atomic E-state index is 0.623. The third-order valence-corrected chi connectivity index (χ3v) is 3.83. The number of benzene rings is 1. The molecule has 0 radical (unpaired) electrons. The molecule has 1 aliphatic rings. The molecule has 1 aromatic rings. The average Bonchev–Trinajstić information content (AvgIpc) is 2.39. The second-order valence-electron chi connectivity index (χ2n) is 5.22. The summed E-state index contributed by atoms with van der Waals surface area (Å²) in [6.07, 6.45) is 2.54. The van der Waals surface area contributed by atoms with E-state index in [1.54, 1.807) is 7.11 Å². The van der Waals surface area contributed by atoms with E-state index in [0.29, 0.717) is 12.5 Å². The van der Waals surface area contributed by atoms with E-state index in [2.05, 4.69) is 30.0 Å². The van der Waals surface area contributed by atoms with Crippen molar-refractivity contribution < 1.29 is 4.74 Å². The number of anilines is 1. The molecular formula is C15H24N2O. The number of hydrogen-bond acceptors (Lipinski definition) is 3. The van der Waals surface area contributed by atoms with Crippen molar-refractivity contribution in [3.63, 3.8) is 0 Å². The molecule has 0 amide bonds. The fourth-order valence-corrected chi connectivity index (χ4v) is 2.78. The maximum atomic E-state index is 5.71. The molecule has 1 aromatic carbocycles. The molecule has 3 nitrogen and oxygen atoms in total. The van der Waals surface area contributed by atoms with Gasteiger partial charge in [-0.2, -0.15) is 0 Å². The molecule has 0 spiro atoms. The van der Waals surface area contributed by atoms with Crippen molar-refractivity contribution in [2.45, 2.75) is 26.3 Å². The third-order valence-electron chi connectivity index (χ3n) is 3.83. The maximum Gasteiger partial charge on any atom is 0.0507 e. The molecule has 2 rings (SSSR count). The molecule has 2 N–H and O–H groups in total. The molecular weight excluding hydrogens is 224 g/mol. The average molecular weight is 248 g/mol. The summed E-state index contributed by atoms with van der Waals surface area (Å²) in [7, 11) is 1.79. The lowest BCUT2D eigenvalue weighted by Crippen LogP contribution is -2.37. The Kier molecular flexibility index (Phi) is 4.61. The fraction of sp³-hybridized carbons (Fsp3) is 0.600. The zero-order valence-corrected chi connectivity index (χ0v) is 11.5. The van der Waals surface area contributed by atoms with Crippen LogP contribution in [0.25, 0.3) is 0 Å². The van der Waals surface area contributed by atoms with Gasteiger partial charge in [0.25, 0.3) is 0 Å². The largest absolute Gasteiger partial charge is 0.384 e. The van der Waals surface area contributed by atoms with E-state index >= 15 is 0 Å². The predicted molar refractivity (Wildman–Crippen MR) is 75.9 cm³/mol. The van der Waals surface area contributed by atoms with Gasteiger partial charge in [-0.25, -0.2) is 0 Å². The van der Waals surface area contributed by atoms with Gasteiger partial charge in [0, 0.05) is 32.4 Å². The van der Waals surface area contributed by atoms with Gasteiger partial charge >= 0.3 is 0 Å². The molecule has 0 aliphatic carbocycles. The highest BCUT2D eigenvalue weighted by Crippen LogP contribution is 2.25. The summed E-state index contributed by atoms with van der Waals surface area (Å²) in [5.74, 6) is 0.665. The van der Waals surface area contributed by atoms with E-state index in [1.165, 1.54) is 29.7 Å². The van der Waals surface area contributed by atoms with Gasteiger partial charge in [0.1, 0.15) is 0 Å². The van der Waals surface area contributed by atoms with Gasteiger partial charge in [0.2, 0.25) is 0 Å². The molecule has 0 aromatic heterocycles. The van der Waals surface area contributed by atoms with Gasteiger partial charge in [0.15, 0.2) is 0 Å². The number of nitrogens with two attached hydrogens (primary N) is 1. The first-order valence-corrected chi connectivity index (χ1v) is 6.78. The summed E-state index contributed by atoms with van der Waals surface area (Å²) < 4.78 is 5.28. The Hall–Kier alpha value is -1.06. The van der Waals surface area contributed by atoms with Crippen LogP contribution in [0.2, 0.25) is 0 Å². The predicted octanol–water partition coefficient (Wildman–Crippen LogP) is 2.32. The Morgan fingerprint density at radius 3 is 2.94 bits per heavy atom. The quantitative estimate of drug-likeness (QED) is 0.888. The van der Waals surface area contributed by atoms with E-state index < -0.39 is 0 Å². The molecule has 1 saturated heterocycles. The van der Waals surface area contributed by atoms with Gasteiger partial charge in [-0.3, -0.25) is 0 Å². The van der Waals surface area contributed by atoms with E-state index in [0.717, 1.165) is 19.7 Å². The third kappa shape index (κ3) is 3.03. The number of ether oxygens (including phenoxy) is 1. The normalized spacial score (nSPS) is 20.2. The molecule has 1 aliphatic heterocycles. The molecule has 1 fully saturated rings. The first-order chi connectivity index (χ1) is 8.74. The highest BCUT2D eigenvalue weighted by Gasteiger charge is 2.20. The minimum absolute atomic E-state index is 0.623. The van der Waals surface area contributed by atoms with Gasteiger partial charge in [-0.1, -0.05) is 6.07 Å². The van der Waals surface area contributed by atoms with Crippen LogP contribution in [-0.2, 0) is 11.3 Å². The van der Waals surface area contributed by atoms with Crippen LogP contribution in [0.3, 0.4) is 0 Å². The van der Waals surface area contributed by atoms with Crippen molar-refractivity contribution in [3.8, 4) is 0 Å². The van der Waals surface area contributed by atoms with Gasteiger partial charge in [0.05, 0.1) is 6.61 Å². The van der Waals surface area contributed by atoms with Crippen LogP contribution >= 0.6 is 0 Å². The van der Waals surface area contributed by atoms with Crippen molar-refractivity contribution in [1.29, 1.82) is 0 Å². The first-order valence-electron chi connectivity index (χ1n) is 6.78. The van der Waals surface area contributed by atoms with Crippen molar-refractivity contribution in [1.82, 2.24) is 0 Å². The van der Waals surface area contributed by atoms with Gasteiger partial charge in [-0.15, -0.1) is 0 Å². The Morgan fingerprint density at radius 2 is 2.28 bits per heavy atom. The summed E-state index contributed by atoms with van der Waals surface area (Å²) in [6, 6.07) is 6.62. The lowest BCUT2D eigenvalue weighted by molar-refractivity contribution is 0.143. The van der Waals surface area contributed by atoms with Gasteiger partial charge in [-0.05, 0) is 48.9 Å². The molecule has 100 valence electrons. The molecule has 3 heteroatoms. The maximum absolute atomic E-state index is 5.71. The summed E-state index contributed by atoms with van der Waals surface area (Å²) in [6.45, 7) is 5.90. The summed E-state index contributed by atoms with van der Waals surface area (Å²) >= 11 is 0. The molecule has 1 unspecified atom stereocenters. The highest BCUT2D eigenvalue weighted by atomic mass is 16.5. The molecule has 18 heavy (non-hydrogen) atoms. The van der Waals surface area contributed by atoms with E-state index in [1.807, 2.05) is 0 Å². The lowest BCUT2D eigenvalue weighted by atomic mass is 9.98. The number of aryl methyl sites for hydroxylation is 1. The topological polar surface area (TPSA) is 38.5 Å². The van der Waals surface area contributed by atoms with E-state index in [9.17, 15) is 0 Å². The van der Waals surface area contributed by atoms with Crippen LogP contribution < -0.4 is 10.6 Å². The standard InChI is InChI=1S/C15H24N2O/c1-12-8-15(6-5-14(12)9-16)17-7-3-4-13(10-17)11-18-2/h5-6,8,13H,3-4,7,9-11,16H2,1-2H3. The van der Waals surface area contributed by atoms with Crippen LogP contribution in [-0.4, -0.2) is 26.8 Å². The monoisotopic (exact) mass is 248 g/mol. The molecule has 0 bridgehead atoms. The van der Waals surface area contributed by atoms with Crippen molar-refractivity contribution in [3.05, 3.63) is 29.3 Å². The van der Waals surface area contributed by atoms with E-state index in [4.69, 9.17) is 10.5 Å². The smallest absolute Gasteiger partial charge is 0.0507 e. The summed E-state index contributed by atoms with van der Waals surface area (Å²) in [5.41, 5.74) is 9.57. The summed E-state index contributed by atoms with van der Waals surface area (Å²) in [5, 5.41) is 0. The number of rotatable bonds is 4. The van der Waals surface area contributed by atoms with Crippen LogP contribution in [0.5, 0.6) is 0 Å². The van der Waals surface area contributed by atoms with Crippen LogP contribution in [0.1, 0.15) is 24.0 Å². The van der Waals surface area contributed by atoms with Crippen molar-refractivity contribution >= 4 is 5.69 Å². The van der Waals surface area contributed by atoms with Crippen molar-refractivity contribution in [2.75, 3.05) is 31.7 Å².